The summed E-state index contributed by atoms with van der Waals surface area (Å²) in [5, 5.41) is 21.1. The van der Waals surface area contributed by atoms with Gasteiger partial charge in [-0.1, -0.05) is 6.07 Å². The predicted octanol–water partition coefficient (Wildman–Crippen LogP) is 3.29. The second kappa shape index (κ2) is 6.92. The van der Waals surface area contributed by atoms with Crippen LogP contribution in [-0.4, -0.2) is 26.7 Å². The van der Waals surface area contributed by atoms with Gasteiger partial charge in [0.25, 0.3) is 5.69 Å². The van der Waals surface area contributed by atoms with Crippen LogP contribution in [0.15, 0.2) is 30.6 Å². The van der Waals surface area contributed by atoms with Crippen molar-refractivity contribution in [3.05, 3.63) is 46.3 Å². The number of hydrogen-bond acceptors (Lipinski definition) is 5. The first-order valence-electron chi connectivity index (χ1n) is 7.96. The molecule has 1 aromatic carbocycles. The number of rotatable bonds is 5. The van der Waals surface area contributed by atoms with Gasteiger partial charge in [0.05, 0.1) is 33.6 Å². The zero-order chi connectivity index (χ0) is 18.8. The molecule has 0 saturated carbocycles. The topological polar surface area (TPSA) is 102 Å². The summed E-state index contributed by atoms with van der Waals surface area (Å²) in [6.45, 7) is 9.43. The summed E-state index contributed by atoms with van der Waals surface area (Å²) in [6, 6.07) is 4.07. The van der Waals surface area contributed by atoms with Gasteiger partial charge in [0.2, 0.25) is 5.91 Å². The normalized spacial score (nSPS) is 12.5. The first kappa shape index (κ1) is 18.4. The maximum absolute atomic E-state index is 12.4. The number of amides is 1. The lowest BCUT2D eigenvalue weighted by molar-refractivity contribution is -0.385. The average molecular weight is 345 g/mol. The Morgan fingerprint density at radius 3 is 2.60 bits per heavy atom. The maximum atomic E-state index is 12.4. The highest BCUT2D eigenvalue weighted by atomic mass is 16.6. The molecule has 2 N–H and O–H groups in total. The molecule has 0 spiro atoms. The first-order valence-corrected chi connectivity index (χ1v) is 7.96. The van der Waals surface area contributed by atoms with Crippen LogP contribution in [-0.2, 0) is 10.3 Å². The molecule has 2 rings (SSSR count). The summed E-state index contributed by atoms with van der Waals surface area (Å²) in [5.41, 5.74) is 1.41. The number of nitro benzene ring substituents is 1. The standard InChI is InChI=1S/C17H23N5O3/c1-11-14(7-6-8-15(11)22(24)25)20-16(23)12(2)19-13-9-18-21(10-13)17(3,4)5/h6-10,12,19H,1-5H3,(H,20,23)/t12-/m0/s1. The molecule has 0 fully saturated rings. The van der Waals surface area contributed by atoms with E-state index >= 15 is 0 Å². The fourth-order valence-electron chi connectivity index (χ4n) is 2.28. The Morgan fingerprint density at radius 1 is 1.36 bits per heavy atom. The van der Waals surface area contributed by atoms with Gasteiger partial charge < -0.3 is 10.6 Å². The summed E-state index contributed by atoms with van der Waals surface area (Å²) >= 11 is 0. The van der Waals surface area contributed by atoms with E-state index in [0.717, 1.165) is 5.69 Å². The van der Waals surface area contributed by atoms with Gasteiger partial charge >= 0.3 is 0 Å². The van der Waals surface area contributed by atoms with E-state index in [4.69, 9.17) is 0 Å². The first-order chi connectivity index (χ1) is 11.6. The van der Waals surface area contributed by atoms with Crippen molar-refractivity contribution in [3.63, 3.8) is 0 Å². The van der Waals surface area contributed by atoms with Crippen LogP contribution in [0.1, 0.15) is 33.3 Å². The molecule has 134 valence electrons. The number of nitro groups is 1. The van der Waals surface area contributed by atoms with Gasteiger partial charge in [0.1, 0.15) is 6.04 Å². The van der Waals surface area contributed by atoms with Crippen LogP contribution in [0.2, 0.25) is 0 Å². The number of carbonyl (C=O) groups excluding carboxylic acids is 1. The van der Waals surface area contributed by atoms with Gasteiger partial charge in [-0.2, -0.15) is 5.10 Å². The van der Waals surface area contributed by atoms with Crippen molar-refractivity contribution in [3.8, 4) is 0 Å². The van der Waals surface area contributed by atoms with Crippen molar-refractivity contribution in [2.24, 2.45) is 0 Å². The van der Waals surface area contributed by atoms with Crippen LogP contribution in [0, 0.1) is 17.0 Å². The van der Waals surface area contributed by atoms with Gasteiger partial charge in [-0.05, 0) is 40.7 Å². The minimum atomic E-state index is -0.531. The third-order valence-corrected chi connectivity index (χ3v) is 3.81. The molecule has 0 radical (unpaired) electrons. The molecule has 1 amide bonds. The van der Waals surface area contributed by atoms with Gasteiger partial charge in [0, 0.05) is 12.3 Å². The number of anilines is 2. The largest absolute Gasteiger partial charge is 0.371 e. The van der Waals surface area contributed by atoms with Gasteiger partial charge in [-0.25, -0.2) is 0 Å². The highest BCUT2D eigenvalue weighted by Crippen LogP contribution is 2.25. The van der Waals surface area contributed by atoms with Crippen molar-refractivity contribution in [2.45, 2.75) is 46.2 Å². The molecular formula is C17H23N5O3. The van der Waals surface area contributed by atoms with Crippen LogP contribution in [0.3, 0.4) is 0 Å². The minimum absolute atomic E-state index is 0.0233. The average Bonchev–Trinajstić information content (AvgIpc) is 2.97. The van der Waals surface area contributed by atoms with Gasteiger partial charge in [-0.15, -0.1) is 0 Å². The molecule has 8 heteroatoms. The molecule has 1 aromatic heterocycles. The molecule has 8 nitrogen and oxygen atoms in total. The van der Waals surface area contributed by atoms with Gasteiger partial charge in [-0.3, -0.25) is 19.6 Å². The molecular weight excluding hydrogens is 322 g/mol. The monoisotopic (exact) mass is 345 g/mol. The lowest BCUT2D eigenvalue weighted by atomic mass is 10.1. The van der Waals surface area contributed by atoms with Crippen LogP contribution in [0.25, 0.3) is 0 Å². The Balaban J connectivity index is 2.07. The van der Waals surface area contributed by atoms with Crippen molar-refractivity contribution >= 4 is 23.0 Å². The Hall–Kier alpha value is -2.90. The van der Waals surface area contributed by atoms with Crippen LogP contribution < -0.4 is 10.6 Å². The third kappa shape index (κ3) is 4.34. The molecule has 1 atom stereocenters. The van der Waals surface area contributed by atoms with E-state index < -0.39 is 11.0 Å². The third-order valence-electron chi connectivity index (χ3n) is 3.81. The molecule has 0 saturated heterocycles. The minimum Gasteiger partial charge on any atom is -0.371 e. The molecule has 0 unspecified atom stereocenters. The predicted molar refractivity (Wildman–Crippen MR) is 96.8 cm³/mol. The van der Waals surface area contributed by atoms with Crippen LogP contribution in [0.4, 0.5) is 17.1 Å². The van der Waals surface area contributed by atoms with E-state index in [1.54, 1.807) is 32.2 Å². The highest BCUT2D eigenvalue weighted by molar-refractivity contribution is 5.97. The molecule has 0 bridgehead atoms. The van der Waals surface area contributed by atoms with Crippen molar-refractivity contribution in [1.82, 2.24) is 9.78 Å². The second-order valence-electron chi connectivity index (χ2n) is 6.91. The van der Waals surface area contributed by atoms with Crippen molar-refractivity contribution in [2.75, 3.05) is 10.6 Å². The summed E-state index contributed by atoms with van der Waals surface area (Å²) in [5.74, 6) is -0.285. The Morgan fingerprint density at radius 2 is 2.04 bits per heavy atom. The smallest absolute Gasteiger partial charge is 0.274 e. The lowest BCUT2D eigenvalue weighted by Gasteiger charge is -2.19. The Labute approximate surface area is 146 Å². The molecule has 0 aliphatic carbocycles. The molecule has 2 aromatic rings. The molecule has 0 aliphatic rings. The number of hydrogen-bond donors (Lipinski definition) is 2. The van der Waals surface area contributed by atoms with E-state index in [9.17, 15) is 14.9 Å². The lowest BCUT2D eigenvalue weighted by Crippen LogP contribution is -2.32. The van der Waals surface area contributed by atoms with Crippen molar-refractivity contribution < 1.29 is 9.72 Å². The summed E-state index contributed by atoms with van der Waals surface area (Å²) in [4.78, 5) is 22.9. The zero-order valence-corrected chi connectivity index (χ0v) is 15.0. The number of benzene rings is 1. The number of carbonyl (C=O) groups is 1. The number of nitrogens with one attached hydrogen (secondary N) is 2. The van der Waals surface area contributed by atoms with Crippen LogP contribution >= 0.6 is 0 Å². The summed E-state index contributed by atoms with van der Waals surface area (Å²) < 4.78 is 1.81. The highest BCUT2D eigenvalue weighted by Gasteiger charge is 2.19. The van der Waals surface area contributed by atoms with E-state index in [1.807, 2.05) is 31.6 Å². The molecule has 25 heavy (non-hydrogen) atoms. The molecule has 0 aliphatic heterocycles. The van der Waals surface area contributed by atoms with E-state index in [0.29, 0.717) is 11.3 Å². The van der Waals surface area contributed by atoms with E-state index in [2.05, 4.69) is 15.7 Å². The Bertz CT molecular complexity index is 792. The number of aromatic nitrogens is 2. The maximum Gasteiger partial charge on any atom is 0.274 e. The summed E-state index contributed by atoms with van der Waals surface area (Å²) in [6.07, 6.45) is 3.50. The molecule has 1 heterocycles. The SMILES string of the molecule is Cc1c(NC(=O)[C@H](C)Nc2cnn(C(C)(C)C)c2)cccc1[N+](=O)[O-]. The fraction of sp³-hybridized carbons (Fsp3) is 0.412. The number of nitrogens with zero attached hydrogens (tertiary/aromatic N) is 3. The van der Waals surface area contributed by atoms with E-state index in [1.165, 1.54) is 6.07 Å². The second-order valence-corrected chi connectivity index (χ2v) is 6.91. The Kier molecular flexibility index (Phi) is 5.10. The van der Waals surface area contributed by atoms with Crippen molar-refractivity contribution in [1.29, 1.82) is 0 Å². The zero-order valence-electron chi connectivity index (χ0n) is 15.0. The van der Waals surface area contributed by atoms with Crippen LogP contribution in [0.5, 0.6) is 0 Å². The quantitative estimate of drug-likeness (QED) is 0.639. The fourth-order valence-corrected chi connectivity index (χ4v) is 2.28. The van der Waals surface area contributed by atoms with Gasteiger partial charge in [0.15, 0.2) is 0 Å². The van der Waals surface area contributed by atoms with E-state index in [-0.39, 0.29) is 17.1 Å². The summed E-state index contributed by atoms with van der Waals surface area (Å²) in [7, 11) is 0.